The van der Waals surface area contributed by atoms with E-state index in [4.69, 9.17) is 0 Å². The van der Waals surface area contributed by atoms with Gasteiger partial charge in [-0.15, -0.1) is 0 Å². The number of aromatic nitrogens is 2. The molecule has 0 spiro atoms. The fraction of sp³-hybridized carbons (Fsp3) is 0.0909. The lowest BCUT2D eigenvalue weighted by atomic mass is 10.0. The van der Waals surface area contributed by atoms with Crippen molar-refractivity contribution in [3.8, 4) is 5.69 Å². The number of Topliss-reactive ketones (excluding diaryl/α,β-unsaturated/α-hetero) is 1. The van der Waals surface area contributed by atoms with Crippen molar-refractivity contribution in [1.82, 2.24) is 9.55 Å². The van der Waals surface area contributed by atoms with Crippen LogP contribution in [0, 0.1) is 0 Å². The molecule has 0 amide bonds. The van der Waals surface area contributed by atoms with Gasteiger partial charge in [0.25, 0.3) is 0 Å². The van der Waals surface area contributed by atoms with Gasteiger partial charge < -0.3 is 4.98 Å². The van der Waals surface area contributed by atoms with Crippen molar-refractivity contribution in [2.45, 2.75) is 12.6 Å². The molecule has 0 aliphatic carbocycles. The van der Waals surface area contributed by atoms with Crippen molar-refractivity contribution in [3.05, 3.63) is 100.0 Å². The minimum Gasteiger partial charge on any atom is -0.305 e. The number of hydrogen-bond acceptors (Lipinski definition) is 2. The number of carbonyl (C=O) groups excluding carboxylic acids is 1. The monoisotopic (exact) mass is 396 g/mol. The summed E-state index contributed by atoms with van der Waals surface area (Å²) < 4.78 is 39.4. The van der Waals surface area contributed by atoms with Crippen molar-refractivity contribution in [2.24, 2.45) is 0 Å². The van der Waals surface area contributed by atoms with Crippen LogP contribution in [0.4, 0.5) is 13.2 Å². The van der Waals surface area contributed by atoms with E-state index in [0.29, 0.717) is 22.3 Å². The van der Waals surface area contributed by atoms with E-state index in [-0.39, 0.29) is 17.9 Å². The molecule has 0 unspecified atom stereocenters. The zero-order valence-corrected chi connectivity index (χ0v) is 15.0. The molecule has 1 N–H and O–H groups in total. The van der Waals surface area contributed by atoms with Crippen LogP contribution in [0.3, 0.4) is 0 Å². The lowest BCUT2D eigenvalue weighted by Gasteiger charge is -2.08. The molecule has 0 saturated heterocycles. The molecular weight excluding hydrogens is 381 g/mol. The number of rotatable bonds is 4. The van der Waals surface area contributed by atoms with Gasteiger partial charge in [-0.2, -0.15) is 13.2 Å². The number of aromatic amines is 1. The third-order valence-electron chi connectivity index (χ3n) is 4.68. The molecule has 1 aromatic heterocycles. The van der Waals surface area contributed by atoms with Crippen molar-refractivity contribution in [3.63, 3.8) is 0 Å². The third kappa shape index (κ3) is 3.71. The molecule has 0 radical (unpaired) electrons. The number of H-pyrrole nitrogens is 1. The normalized spacial score (nSPS) is 11.7. The highest BCUT2D eigenvalue weighted by atomic mass is 19.4. The molecule has 29 heavy (non-hydrogen) atoms. The van der Waals surface area contributed by atoms with Gasteiger partial charge in [-0.25, -0.2) is 4.79 Å². The molecule has 0 aliphatic heterocycles. The summed E-state index contributed by atoms with van der Waals surface area (Å²) >= 11 is 0. The number of para-hydroxylation sites is 2. The van der Waals surface area contributed by atoms with Crippen molar-refractivity contribution in [1.29, 1.82) is 0 Å². The second-order valence-electron chi connectivity index (χ2n) is 6.62. The molecule has 0 saturated carbocycles. The highest BCUT2D eigenvalue weighted by molar-refractivity contribution is 5.97. The number of benzene rings is 3. The van der Waals surface area contributed by atoms with Gasteiger partial charge in [0.1, 0.15) is 0 Å². The lowest BCUT2D eigenvalue weighted by Crippen LogP contribution is -2.14. The first-order chi connectivity index (χ1) is 13.8. The molecular formula is C22H15F3N2O2. The molecule has 0 atom stereocenters. The number of imidazole rings is 1. The van der Waals surface area contributed by atoms with Crippen LogP contribution in [0.2, 0.25) is 0 Å². The summed E-state index contributed by atoms with van der Waals surface area (Å²) in [4.78, 5) is 27.5. The number of nitrogens with zero attached hydrogens (tertiary/aromatic N) is 1. The van der Waals surface area contributed by atoms with Gasteiger partial charge >= 0.3 is 11.9 Å². The lowest BCUT2D eigenvalue weighted by molar-refractivity contribution is -0.137. The summed E-state index contributed by atoms with van der Waals surface area (Å²) in [5.41, 5.74) is 1.93. The van der Waals surface area contributed by atoms with Crippen LogP contribution in [0.1, 0.15) is 21.5 Å². The largest absolute Gasteiger partial charge is 0.416 e. The number of hydrogen-bond donors (Lipinski definition) is 1. The van der Waals surface area contributed by atoms with Crippen molar-refractivity contribution < 1.29 is 18.0 Å². The zero-order chi connectivity index (χ0) is 20.6. The second-order valence-corrected chi connectivity index (χ2v) is 6.62. The highest BCUT2D eigenvalue weighted by Crippen LogP contribution is 2.29. The van der Waals surface area contributed by atoms with Crippen LogP contribution >= 0.6 is 0 Å². The van der Waals surface area contributed by atoms with E-state index in [9.17, 15) is 22.8 Å². The van der Waals surface area contributed by atoms with E-state index in [1.54, 1.807) is 30.3 Å². The Hall–Kier alpha value is -3.61. The summed E-state index contributed by atoms with van der Waals surface area (Å²) in [5.74, 6) is -0.220. The summed E-state index contributed by atoms with van der Waals surface area (Å²) in [7, 11) is 0. The van der Waals surface area contributed by atoms with Crippen molar-refractivity contribution in [2.75, 3.05) is 0 Å². The van der Waals surface area contributed by atoms with Gasteiger partial charge in [0.15, 0.2) is 5.78 Å². The topological polar surface area (TPSA) is 54.9 Å². The standard InChI is InChI=1S/C22H15F3N2O2/c23-22(24,25)16-9-5-14(6-10-16)13-20(28)15-7-11-17(12-8-15)27-19-4-2-1-3-18(19)26-21(27)29/h1-12H,13H2,(H,26,29). The molecule has 0 aliphatic rings. The van der Waals surface area contributed by atoms with Crippen LogP contribution in [0.5, 0.6) is 0 Å². The molecule has 4 aromatic rings. The van der Waals surface area contributed by atoms with E-state index >= 15 is 0 Å². The fourth-order valence-corrected chi connectivity index (χ4v) is 3.21. The molecule has 4 nitrogen and oxygen atoms in total. The Balaban J connectivity index is 1.55. The summed E-state index contributed by atoms with van der Waals surface area (Å²) in [6, 6.07) is 18.4. The molecule has 146 valence electrons. The molecule has 3 aromatic carbocycles. The summed E-state index contributed by atoms with van der Waals surface area (Å²) in [6.45, 7) is 0. The van der Waals surface area contributed by atoms with Gasteiger partial charge in [0.2, 0.25) is 0 Å². The maximum atomic E-state index is 12.6. The number of nitrogens with one attached hydrogen (secondary N) is 1. The fourth-order valence-electron chi connectivity index (χ4n) is 3.21. The molecule has 1 heterocycles. The number of halogens is 3. The van der Waals surface area contributed by atoms with E-state index < -0.39 is 11.7 Å². The Kier molecular flexibility index (Phi) is 4.58. The van der Waals surface area contributed by atoms with Gasteiger partial charge in [0, 0.05) is 12.0 Å². The Morgan fingerprint density at radius 3 is 2.21 bits per heavy atom. The van der Waals surface area contributed by atoms with E-state index in [0.717, 1.165) is 17.6 Å². The maximum absolute atomic E-state index is 12.6. The molecule has 7 heteroatoms. The van der Waals surface area contributed by atoms with E-state index in [1.807, 2.05) is 18.2 Å². The van der Waals surface area contributed by atoms with E-state index in [2.05, 4.69) is 4.98 Å². The van der Waals surface area contributed by atoms with Crippen LogP contribution in [0.15, 0.2) is 77.6 Å². The average Bonchev–Trinajstić information content (AvgIpc) is 3.03. The Labute approximate surface area is 163 Å². The first-order valence-electron chi connectivity index (χ1n) is 8.82. The SMILES string of the molecule is O=C(Cc1ccc(C(F)(F)F)cc1)c1ccc(-n2c(=O)[nH]c3ccccc32)cc1. The third-order valence-corrected chi connectivity index (χ3v) is 4.68. The first-order valence-corrected chi connectivity index (χ1v) is 8.82. The number of carbonyl (C=O) groups is 1. The van der Waals surface area contributed by atoms with Crippen molar-refractivity contribution >= 4 is 16.8 Å². The molecule has 0 fully saturated rings. The van der Waals surface area contributed by atoms with Gasteiger partial charge in [-0.05, 0) is 54.1 Å². The number of alkyl halides is 3. The Morgan fingerprint density at radius 1 is 0.897 bits per heavy atom. The summed E-state index contributed by atoms with van der Waals surface area (Å²) in [6.07, 6.45) is -4.41. The predicted molar refractivity (Wildman–Crippen MR) is 103 cm³/mol. The number of fused-ring (bicyclic) bond motifs is 1. The Bertz CT molecular complexity index is 1230. The van der Waals surface area contributed by atoms with Crippen LogP contribution < -0.4 is 5.69 Å². The highest BCUT2D eigenvalue weighted by Gasteiger charge is 2.30. The van der Waals surface area contributed by atoms with Gasteiger partial charge in [-0.3, -0.25) is 9.36 Å². The second kappa shape index (κ2) is 7.09. The van der Waals surface area contributed by atoms with Gasteiger partial charge in [0.05, 0.1) is 22.3 Å². The van der Waals surface area contributed by atoms with Crippen LogP contribution in [0.25, 0.3) is 16.7 Å². The minimum atomic E-state index is -4.40. The van der Waals surface area contributed by atoms with Crippen LogP contribution in [-0.4, -0.2) is 15.3 Å². The molecule has 0 bridgehead atoms. The van der Waals surface area contributed by atoms with Crippen LogP contribution in [-0.2, 0) is 12.6 Å². The smallest absolute Gasteiger partial charge is 0.305 e. The molecule has 4 rings (SSSR count). The predicted octanol–water partition coefficient (Wildman–Crippen LogP) is 4.76. The Morgan fingerprint density at radius 2 is 1.55 bits per heavy atom. The first kappa shape index (κ1) is 18.7. The van der Waals surface area contributed by atoms with E-state index in [1.165, 1.54) is 16.7 Å². The minimum absolute atomic E-state index is 0.00941. The quantitative estimate of drug-likeness (QED) is 0.506. The number of ketones is 1. The maximum Gasteiger partial charge on any atom is 0.416 e. The summed E-state index contributed by atoms with van der Waals surface area (Å²) in [5, 5.41) is 0. The van der Waals surface area contributed by atoms with Gasteiger partial charge in [-0.1, -0.05) is 24.3 Å². The zero-order valence-electron chi connectivity index (χ0n) is 15.0. The average molecular weight is 396 g/mol.